The van der Waals surface area contributed by atoms with Crippen molar-refractivity contribution in [1.29, 1.82) is 0 Å². The Labute approximate surface area is 159 Å². The molecule has 4 heteroatoms. The molecule has 0 radical (unpaired) electrons. The van der Waals surface area contributed by atoms with Gasteiger partial charge in [-0.2, -0.15) is 0 Å². The summed E-state index contributed by atoms with van der Waals surface area (Å²) in [6.45, 7) is 9.27. The SMILES string of the molecule is COC(=O)c1ccc(N=Cc2ccc3c(c2)SC(C)(C)CC3(C)C)cc1. The van der Waals surface area contributed by atoms with Crippen LogP contribution >= 0.6 is 11.8 Å². The van der Waals surface area contributed by atoms with Crippen molar-refractivity contribution in [2.24, 2.45) is 4.99 Å². The number of rotatable bonds is 3. The molecule has 0 spiro atoms. The van der Waals surface area contributed by atoms with E-state index in [2.05, 4.69) is 50.9 Å². The summed E-state index contributed by atoms with van der Waals surface area (Å²) in [7, 11) is 1.38. The minimum atomic E-state index is -0.336. The van der Waals surface area contributed by atoms with E-state index in [0.29, 0.717) is 5.56 Å². The van der Waals surface area contributed by atoms with Gasteiger partial charge in [0.15, 0.2) is 0 Å². The van der Waals surface area contributed by atoms with Gasteiger partial charge in [-0.3, -0.25) is 4.99 Å². The lowest BCUT2D eigenvalue weighted by atomic mass is 9.77. The van der Waals surface area contributed by atoms with Crippen LogP contribution in [0.15, 0.2) is 52.4 Å². The molecule has 0 fully saturated rings. The van der Waals surface area contributed by atoms with Crippen LogP contribution < -0.4 is 0 Å². The van der Waals surface area contributed by atoms with Gasteiger partial charge in [-0.15, -0.1) is 11.8 Å². The van der Waals surface area contributed by atoms with Gasteiger partial charge in [-0.1, -0.05) is 39.8 Å². The maximum absolute atomic E-state index is 11.5. The fraction of sp³-hybridized carbons (Fsp3) is 0.364. The van der Waals surface area contributed by atoms with Gasteiger partial charge >= 0.3 is 5.97 Å². The smallest absolute Gasteiger partial charge is 0.337 e. The molecule has 26 heavy (non-hydrogen) atoms. The molecule has 1 aliphatic rings. The number of benzene rings is 2. The number of aliphatic imine (C=N–C) groups is 1. The largest absolute Gasteiger partial charge is 0.465 e. The first-order valence-corrected chi connectivity index (χ1v) is 9.58. The van der Waals surface area contributed by atoms with E-state index < -0.39 is 0 Å². The molecule has 1 heterocycles. The third kappa shape index (κ3) is 4.01. The topological polar surface area (TPSA) is 38.7 Å². The first-order chi connectivity index (χ1) is 12.2. The predicted molar refractivity (Wildman–Crippen MR) is 109 cm³/mol. The molecular weight excluding hydrogens is 342 g/mol. The van der Waals surface area contributed by atoms with Gasteiger partial charge in [0.2, 0.25) is 0 Å². The van der Waals surface area contributed by atoms with Crippen LogP contribution in [-0.4, -0.2) is 24.0 Å². The maximum Gasteiger partial charge on any atom is 0.337 e. The molecule has 0 aromatic heterocycles. The molecule has 3 nitrogen and oxygen atoms in total. The quantitative estimate of drug-likeness (QED) is 0.510. The molecule has 0 atom stereocenters. The van der Waals surface area contributed by atoms with E-state index in [-0.39, 0.29) is 16.1 Å². The number of ether oxygens (including phenoxy) is 1. The number of nitrogens with zero attached hydrogens (tertiary/aromatic N) is 1. The number of hydrogen-bond acceptors (Lipinski definition) is 4. The van der Waals surface area contributed by atoms with Crippen molar-refractivity contribution in [3.8, 4) is 0 Å². The summed E-state index contributed by atoms with van der Waals surface area (Å²) >= 11 is 1.95. The lowest BCUT2D eigenvalue weighted by Crippen LogP contribution is -2.33. The normalized spacial score (nSPS) is 17.7. The Kier molecular flexibility index (Phi) is 4.98. The van der Waals surface area contributed by atoms with E-state index in [9.17, 15) is 4.79 Å². The predicted octanol–water partition coefficient (Wildman–Crippen LogP) is 5.78. The number of esters is 1. The fourth-order valence-electron chi connectivity index (χ4n) is 3.71. The molecular formula is C22H25NO2S. The van der Waals surface area contributed by atoms with E-state index >= 15 is 0 Å². The lowest BCUT2D eigenvalue weighted by molar-refractivity contribution is 0.0601. The van der Waals surface area contributed by atoms with Crippen molar-refractivity contribution < 1.29 is 9.53 Å². The monoisotopic (exact) mass is 367 g/mol. The summed E-state index contributed by atoms with van der Waals surface area (Å²) < 4.78 is 4.94. The van der Waals surface area contributed by atoms with Gasteiger partial charge in [0.05, 0.1) is 18.4 Å². The Balaban J connectivity index is 1.83. The molecule has 2 aromatic carbocycles. The Hall–Kier alpha value is -2.07. The highest BCUT2D eigenvalue weighted by Gasteiger charge is 2.37. The Bertz CT molecular complexity index is 851. The third-order valence-corrected chi connectivity index (χ3v) is 5.89. The number of hydrogen-bond donors (Lipinski definition) is 0. The third-order valence-electron chi connectivity index (χ3n) is 4.64. The van der Waals surface area contributed by atoms with Crippen molar-refractivity contribution in [1.82, 2.24) is 0 Å². The van der Waals surface area contributed by atoms with E-state index in [1.807, 2.05) is 30.1 Å². The van der Waals surface area contributed by atoms with Gasteiger partial charge in [-0.25, -0.2) is 4.79 Å². The van der Waals surface area contributed by atoms with Crippen molar-refractivity contribution in [2.45, 2.75) is 49.2 Å². The van der Waals surface area contributed by atoms with Crippen LogP contribution in [0.3, 0.4) is 0 Å². The number of thioether (sulfide) groups is 1. The van der Waals surface area contributed by atoms with Gasteiger partial charge in [0.25, 0.3) is 0 Å². The second kappa shape index (κ2) is 6.92. The lowest BCUT2D eigenvalue weighted by Gasteiger charge is -2.41. The van der Waals surface area contributed by atoms with Crippen LogP contribution in [0.25, 0.3) is 0 Å². The average molecular weight is 368 g/mol. The zero-order valence-electron chi connectivity index (χ0n) is 16.0. The van der Waals surface area contributed by atoms with Gasteiger partial charge in [0.1, 0.15) is 0 Å². The highest BCUT2D eigenvalue weighted by Crippen LogP contribution is 2.50. The summed E-state index contributed by atoms with van der Waals surface area (Å²) in [5, 5.41) is 0. The van der Waals surface area contributed by atoms with Crippen LogP contribution in [0.4, 0.5) is 5.69 Å². The molecule has 136 valence electrons. The van der Waals surface area contributed by atoms with Crippen molar-refractivity contribution in [2.75, 3.05) is 7.11 Å². The first-order valence-electron chi connectivity index (χ1n) is 8.76. The molecule has 0 amide bonds. The minimum Gasteiger partial charge on any atom is -0.465 e. The number of methoxy groups -OCH3 is 1. The van der Waals surface area contributed by atoms with Crippen molar-refractivity contribution in [3.63, 3.8) is 0 Å². The van der Waals surface area contributed by atoms with Crippen LogP contribution in [-0.2, 0) is 10.2 Å². The zero-order chi connectivity index (χ0) is 18.9. The molecule has 1 aliphatic heterocycles. The maximum atomic E-state index is 11.5. The molecule has 0 unspecified atom stereocenters. The first kappa shape index (κ1) is 18.7. The number of fused-ring (bicyclic) bond motifs is 1. The van der Waals surface area contributed by atoms with Crippen LogP contribution in [0.2, 0.25) is 0 Å². The van der Waals surface area contributed by atoms with Crippen LogP contribution in [0.1, 0.15) is 55.6 Å². The van der Waals surface area contributed by atoms with E-state index in [4.69, 9.17) is 4.74 Å². The van der Waals surface area contributed by atoms with Gasteiger partial charge in [0, 0.05) is 15.9 Å². The van der Waals surface area contributed by atoms with Crippen molar-refractivity contribution >= 4 is 29.6 Å². The van der Waals surface area contributed by atoms with Gasteiger partial charge in [-0.05, 0) is 53.3 Å². The summed E-state index contributed by atoms with van der Waals surface area (Å²) in [6, 6.07) is 13.7. The van der Waals surface area contributed by atoms with Gasteiger partial charge < -0.3 is 4.74 Å². The minimum absolute atomic E-state index is 0.184. The molecule has 3 rings (SSSR count). The standard InChI is InChI=1S/C22H25NO2S/c1-21(2)14-22(3,4)26-19-12-15(6-11-18(19)21)13-23-17-9-7-16(8-10-17)20(24)25-5/h6-13H,14H2,1-5H3. The summed E-state index contributed by atoms with van der Waals surface area (Å²) in [4.78, 5) is 17.4. The molecule has 0 bridgehead atoms. The average Bonchev–Trinajstić information content (AvgIpc) is 2.57. The molecule has 2 aromatic rings. The van der Waals surface area contributed by atoms with Crippen LogP contribution in [0.5, 0.6) is 0 Å². The summed E-state index contributed by atoms with van der Waals surface area (Å²) in [6.07, 6.45) is 3.04. The second-order valence-electron chi connectivity index (χ2n) is 7.97. The second-order valence-corrected chi connectivity index (χ2v) is 9.72. The highest BCUT2D eigenvalue weighted by atomic mass is 32.2. The Morgan fingerprint density at radius 2 is 1.81 bits per heavy atom. The number of carbonyl (C=O) groups is 1. The van der Waals surface area contributed by atoms with Crippen LogP contribution in [0, 0.1) is 0 Å². The molecule has 0 saturated carbocycles. The fourth-order valence-corrected chi connectivity index (χ4v) is 5.38. The van der Waals surface area contributed by atoms with E-state index in [1.165, 1.54) is 17.6 Å². The zero-order valence-corrected chi connectivity index (χ0v) is 16.8. The van der Waals surface area contributed by atoms with E-state index in [0.717, 1.165) is 17.7 Å². The Morgan fingerprint density at radius 1 is 1.12 bits per heavy atom. The number of carbonyl (C=O) groups excluding carboxylic acids is 1. The van der Waals surface area contributed by atoms with E-state index in [1.54, 1.807) is 12.1 Å². The summed E-state index contributed by atoms with van der Waals surface area (Å²) in [5.74, 6) is -0.336. The molecule has 0 N–H and O–H groups in total. The molecule has 0 saturated heterocycles. The summed E-state index contributed by atoms with van der Waals surface area (Å²) in [5.41, 5.74) is 4.02. The molecule has 0 aliphatic carbocycles. The highest BCUT2D eigenvalue weighted by molar-refractivity contribution is 8.00. The Morgan fingerprint density at radius 3 is 2.46 bits per heavy atom. The van der Waals surface area contributed by atoms with Crippen molar-refractivity contribution in [3.05, 3.63) is 59.2 Å².